The van der Waals surface area contributed by atoms with Gasteiger partial charge in [0, 0.05) is 0 Å². The first-order valence-corrected chi connectivity index (χ1v) is 25.5. The molecule has 10 rings (SSSR count). The molecule has 4 atom stereocenters. The van der Waals surface area contributed by atoms with E-state index in [-0.39, 0.29) is 0 Å². The monoisotopic (exact) mass is 946 g/mol. The standard InChI is InChI=1S/C64H54P4/c65-61(47-27-9-1-10-28-47,48-29-11-2-12-30-48)55-43-25-44-56(62(66,49-31-13-3-14-32-49)50-33-15-4-16-34-50)59(55)60-57(63(67,51-35-17-5-18-36-51)52-37-19-6-20-38-52)45-26-46-58(60)64(68,53-39-21-7-22-40-53)54-41-23-8-24-42-54/h1-46H,65-68H2. The maximum atomic E-state index is 3.43. The number of benzene rings is 10. The summed E-state index contributed by atoms with van der Waals surface area (Å²) in [5, 5.41) is -2.88. The van der Waals surface area contributed by atoms with Crippen molar-refractivity contribution in [2.75, 3.05) is 0 Å². The van der Waals surface area contributed by atoms with Gasteiger partial charge >= 0.3 is 0 Å². The molecule has 0 aliphatic carbocycles. The summed E-state index contributed by atoms with van der Waals surface area (Å²) in [5.74, 6) is 0. The second-order valence-electron chi connectivity index (χ2n) is 17.6. The van der Waals surface area contributed by atoms with Crippen LogP contribution in [0, 0.1) is 0 Å². The normalized spacial score (nSPS) is 12.1. The summed E-state index contributed by atoms with van der Waals surface area (Å²) in [6.07, 6.45) is 0. The largest absolute Gasteiger partial charge is 0.117 e. The lowest BCUT2D eigenvalue weighted by Gasteiger charge is -2.43. The van der Waals surface area contributed by atoms with Gasteiger partial charge in [-0.05, 0) is 77.9 Å². The molecule has 4 unspecified atom stereocenters. The van der Waals surface area contributed by atoms with Gasteiger partial charge in [0.25, 0.3) is 0 Å². The molecule has 0 aliphatic heterocycles. The summed E-state index contributed by atoms with van der Waals surface area (Å²) in [4.78, 5) is 0. The number of rotatable bonds is 13. The SMILES string of the molecule is PC(c1ccccc1)(c1ccccc1)c1cccc(C(P)(c2ccccc2)c2ccccc2)c1-c1c(C(P)(c2ccccc2)c2ccccc2)cccc1C(P)(c1ccccc1)c1ccccc1. The molecule has 0 amide bonds. The molecule has 0 radical (unpaired) electrons. The Balaban J connectivity index is 1.49. The third-order valence-corrected chi connectivity index (χ3v) is 17.8. The molecule has 0 bridgehead atoms. The van der Waals surface area contributed by atoms with E-state index in [4.69, 9.17) is 0 Å². The predicted molar refractivity (Wildman–Crippen MR) is 302 cm³/mol. The Morgan fingerprint density at radius 1 is 0.162 bits per heavy atom. The Hall–Kier alpha value is -6.08. The third-order valence-electron chi connectivity index (χ3n) is 13.9. The molecule has 0 nitrogen and oxygen atoms in total. The maximum Gasteiger partial charge on any atom is 0.0597 e. The van der Waals surface area contributed by atoms with Gasteiger partial charge in [0.2, 0.25) is 0 Å². The fourth-order valence-electron chi connectivity index (χ4n) is 10.5. The summed E-state index contributed by atoms with van der Waals surface area (Å²) < 4.78 is 0. The molecule has 0 aliphatic rings. The van der Waals surface area contributed by atoms with Gasteiger partial charge in [-0.15, -0.1) is 37.0 Å². The van der Waals surface area contributed by atoms with Crippen molar-refractivity contribution in [2.45, 2.75) is 20.6 Å². The molecule has 0 spiro atoms. The highest BCUT2D eigenvalue weighted by Crippen LogP contribution is 2.60. The molecular formula is C64H54P4. The van der Waals surface area contributed by atoms with E-state index >= 15 is 0 Å². The summed E-state index contributed by atoms with van der Waals surface area (Å²) in [6, 6.07) is 102. The van der Waals surface area contributed by atoms with Crippen LogP contribution in [0.4, 0.5) is 0 Å². The first-order valence-electron chi connectivity index (χ1n) is 23.2. The van der Waals surface area contributed by atoms with E-state index in [1.165, 1.54) is 77.9 Å². The van der Waals surface area contributed by atoms with Crippen molar-refractivity contribution >= 4 is 37.0 Å². The number of hydrogen-bond acceptors (Lipinski definition) is 0. The summed E-state index contributed by atoms with van der Waals surface area (Å²) in [7, 11) is 13.7. The van der Waals surface area contributed by atoms with Crippen LogP contribution in [0.3, 0.4) is 0 Å². The zero-order chi connectivity index (χ0) is 46.6. The number of hydrogen-bond donors (Lipinski definition) is 0. The zero-order valence-electron chi connectivity index (χ0n) is 37.9. The van der Waals surface area contributed by atoms with E-state index in [9.17, 15) is 0 Å². The highest BCUT2D eigenvalue weighted by Gasteiger charge is 2.45. The molecule has 0 N–H and O–H groups in total. The van der Waals surface area contributed by atoms with Crippen molar-refractivity contribution in [3.05, 3.63) is 346 Å². The minimum absolute atomic E-state index is 0.719. The summed E-state index contributed by atoms with van der Waals surface area (Å²) in [5.41, 5.74) is 16.4. The van der Waals surface area contributed by atoms with Crippen LogP contribution in [-0.2, 0) is 20.6 Å². The van der Waals surface area contributed by atoms with Gasteiger partial charge < -0.3 is 0 Å². The van der Waals surface area contributed by atoms with Crippen LogP contribution in [0.15, 0.2) is 279 Å². The molecule has 0 heterocycles. The van der Waals surface area contributed by atoms with Gasteiger partial charge in [-0.25, -0.2) is 0 Å². The molecule has 4 heteroatoms. The Labute approximate surface area is 412 Å². The fourth-order valence-corrected chi connectivity index (χ4v) is 13.0. The minimum atomic E-state index is -0.719. The van der Waals surface area contributed by atoms with Crippen LogP contribution in [0.1, 0.15) is 66.8 Å². The van der Waals surface area contributed by atoms with Crippen LogP contribution in [0.25, 0.3) is 11.1 Å². The molecule has 330 valence electrons. The summed E-state index contributed by atoms with van der Waals surface area (Å²) in [6.45, 7) is 0. The van der Waals surface area contributed by atoms with Crippen LogP contribution in [-0.4, -0.2) is 0 Å². The van der Waals surface area contributed by atoms with Gasteiger partial charge in [-0.1, -0.05) is 279 Å². The van der Waals surface area contributed by atoms with Crippen LogP contribution in [0.5, 0.6) is 0 Å². The Morgan fingerprint density at radius 2 is 0.294 bits per heavy atom. The van der Waals surface area contributed by atoms with Gasteiger partial charge in [0.05, 0.1) is 20.6 Å². The lowest BCUT2D eigenvalue weighted by Crippen LogP contribution is -2.31. The van der Waals surface area contributed by atoms with Crippen LogP contribution in [0.2, 0.25) is 0 Å². The second kappa shape index (κ2) is 19.5. The zero-order valence-corrected chi connectivity index (χ0v) is 42.5. The minimum Gasteiger partial charge on any atom is -0.117 e. The van der Waals surface area contributed by atoms with Crippen molar-refractivity contribution in [1.29, 1.82) is 0 Å². The second-order valence-corrected chi connectivity index (χ2v) is 21.1. The highest BCUT2D eigenvalue weighted by atomic mass is 31.0. The Kier molecular flexibility index (Phi) is 13.1. The molecule has 0 saturated heterocycles. The average Bonchev–Trinajstić information content (AvgIpc) is 3.43. The molecule has 68 heavy (non-hydrogen) atoms. The molecule has 0 saturated carbocycles. The quantitative estimate of drug-likeness (QED) is 0.0798. The Bertz CT molecular complexity index is 2640. The predicted octanol–water partition coefficient (Wildman–Crippen LogP) is 16.0. The van der Waals surface area contributed by atoms with Crippen molar-refractivity contribution < 1.29 is 0 Å². The van der Waals surface area contributed by atoms with Crippen LogP contribution >= 0.6 is 37.0 Å². The topological polar surface area (TPSA) is 0 Å². The lowest BCUT2D eigenvalue weighted by atomic mass is 9.69. The molecule has 0 aromatic heterocycles. The van der Waals surface area contributed by atoms with Gasteiger partial charge in [-0.3, -0.25) is 0 Å². The van der Waals surface area contributed by atoms with E-state index in [0.717, 1.165) is 0 Å². The molecular weight excluding hydrogens is 893 g/mol. The van der Waals surface area contributed by atoms with E-state index in [1.54, 1.807) is 0 Å². The molecule has 10 aromatic carbocycles. The first kappa shape index (κ1) is 45.7. The first-order chi connectivity index (χ1) is 33.3. The van der Waals surface area contributed by atoms with E-state index in [2.05, 4.69) is 316 Å². The van der Waals surface area contributed by atoms with Gasteiger partial charge in [0.1, 0.15) is 0 Å². The highest BCUT2D eigenvalue weighted by molar-refractivity contribution is 7.20. The maximum absolute atomic E-state index is 3.43. The third kappa shape index (κ3) is 7.93. The van der Waals surface area contributed by atoms with E-state index < -0.39 is 20.6 Å². The molecule has 10 aromatic rings. The van der Waals surface area contributed by atoms with Crippen molar-refractivity contribution in [1.82, 2.24) is 0 Å². The Morgan fingerprint density at radius 3 is 0.426 bits per heavy atom. The van der Waals surface area contributed by atoms with E-state index in [1.807, 2.05) is 0 Å². The lowest BCUT2D eigenvalue weighted by molar-refractivity contribution is 0.844. The fraction of sp³-hybridized carbons (Fsp3) is 0.0625. The smallest absolute Gasteiger partial charge is 0.0597 e. The van der Waals surface area contributed by atoms with Crippen molar-refractivity contribution in [3.8, 4) is 11.1 Å². The molecule has 0 fully saturated rings. The van der Waals surface area contributed by atoms with Gasteiger partial charge in [0.15, 0.2) is 0 Å². The average molecular weight is 947 g/mol. The van der Waals surface area contributed by atoms with Crippen molar-refractivity contribution in [3.63, 3.8) is 0 Å². The van der Waals surface area contributed by atoms with E-state index in [0.29, 0.717) is 0 Å². The summed E-state index contributed by atoms with van der Waals surface area (Å²) >= 11 is 0. The van der Waals surface area contributed by atoms with Crippen LogP contribution < -0.4 is 0 Å². The van der Waals surface area contributed by atoms with Gasteiger partial charge in [-0.2, -0.15) is 0 Å². The van der Waals surface area contributed by atoms with Crippen molar-refractivity contribution in [2.24, 2.45) is 0 Å².